The van der Waals surface area contributed by atoms with Crippen LogP contribution in [-0.4, -0.2) is 83.0 Å². The zero-order valence-electron chi connectivity index (χ0n) is 18.0. The topological polar surface area (TPSA) is 103 Å². The molecule has 1 aliphatic heterocycles. The number of hydrogen-bond donors (Lipinski definition) is 4. The van der Waals surface area contributed by atoms with Gasteiger partial charge in [0, 0.05) is 25.6 Å². The molecule has 5 atom stereocenters. The van der Waals surface area contributed by atoms with Gasteiger partial charge < -0.3 is 20.5 Å². The number of likely N-dealkylation sites (N-methyl/N-ethyl adjacent to an activating group) is 1. The predicted octanol–water partition coefficient (Wildman–Crippen LogP) is 0.758. The number of amides is 2. The Kier molecular flexibility index (Phi) is 6.80. The SMILES string of the molecule is CN1NCCC1C(=O)NC12CCC(NC(=O)COC3CCC(Cl)C(F)C3)(CC1)C(O)C2. The van der Waals surface area contributed by atoms with Gasteiger partial charge in [0.05, 0.1) is 23.1 Å². The van der Waals surface area contributed by atoms with Crippen molar-refractivity contribution in [2.75, 3.05) is 20.2 Å². The Morgan fingerprint density at radius 1 is 1.23 bits per heavy atom. The van der Waals surface area contributed by atoms with Crippen LogP contribution in [0.25, 0.3) is 0 Å². The number of hydrogen-bond acceptors (Lipinski definition) is 6. The first-order chi connectivity index (χ1) is 14.7. The van der Waals surface area contributed by atoms with E-state index in [1.807, 2.05) is 12.1 Å². The fourth-order valence-electron chi connectivity index (χ4n) is 5.70. The molecule has 2 bridgehead atoms. The summed E-state index contributed by atoms with van der Waals surface area (Å²) in [6.45, 7) is 0.627. The lowest BCUT2D eigenvalue weighted by Crippen LogP contribution is -2.71. The van der Waals surface area contributed by atoms with Crippen LogP contribution in [0.5, 0.6) is 0 Å². The van der Waals surface area contributed by atoms with E-state index in [2.05, 4.69) is 16.1 Å². The Balaban J connectivity index is 1.27. The van der Waals surface area contributed by atoms with Crippen molar-refractivity contribution in [1.29, 1.82) is 0 Å². The Bertz CT molecular complexity index is 690. The zero-order valence-corrected chi connectivity index (χ0v) is 18.8. The standard InChI is InChI=1S/C21H34ClFN4O4/c1-27-16(4-9-24-27)19(30)26-20-5-7-21(8-6-20,17(28)11-20)25-18(29)12-31-13-2-3-14(22)15(23)10-13/h13-17,24,28H,2-12H2,1H3,(H,25,29)(H,26,30). The second-order valence-corrected chi connectivity index (χ2v) is 10.4. The van der Waals surface area contributed by atoms with Gasteiger partial charge in [0.15, 0.2) is 0 Å². The van der Waals surface area contributed by atoms with Crippen LogP contribution in [0.3, 0.4) is 0 Å². The molecular formula is C21H34ClFN4O4. The molecule has 4 aliphatic carbocycles. The fourth-order valence-corrected chi connectivity index (χ4v) is 5.93. The molecule has 10 heteroatoms. The van der Waals surface area contributed by atoms with Crippen LogP contribution in [0.4, 0.5) is 4.39 Å². The van der Waals surface area contributed by atoms with Crippen molar-refractivity contribution in [3.8, 4) is 0 Å². The van der Waals surface area contributed by atoms with Gasteiger partial charge in [-0.2, -0.15) is 0 Å². The summed E-state index contributed by atoms with van der Waals surface area (Å²) in [7, 11) is 1.86. The number of nitrogens with one attached hydrogen (secondary N) is 3. The third-order valence-corrected chi connectivity index (χ3v) is 8.23. The molecule has 1 saturated heterocycles. The van der Waals surface area contributed by atoms with Crippen molar-refractivity contribution in [1.82, 2.24) is 21.1 Å². The highest BCUT2D eigenvalue weighted by Crippen LogP contribution is 2.47. The van der Waals surface area contributed by atoms with Crippen LogP contribution in [0.15, 0.2) is 0 Å². The van der Waals surface area contributed by atoms with E-state index >= 15 is 0 Å². The van der Waals surface area contributed by atoms with Crippen LogP contribution in [0, 0.1) is 0 Å². The zero-order chi connectivity index (χ0) is 22.2. The molecule has 1 heterocycles. The monoisotopic (exact) mass is 460 g/mol. The average molecular weight is 461 g/mol. The van der Waals surface area contributed by atoms with Crippen molar-refractivity contribution in [2.24, 2.45) is 0 Å². The van der Waals surface area contributed by atoms with Gasteiger partial charge in [-0.1, -0.05) is 0 Å². The van der Waals surface area contributed by atoms with Gasteiger partial charge in [0.25, 0.3) is 0 Å². The van der Waals surface area contributed by atoms with Gasteiger partial charge in [0.1, 0.15) is 18.8 Å². The van der Waals surface area contributed by atoms with Gasteiger partial charge in [-0.25, -0.2) is 9.40 Å². The maximum atomic E-state index is 13.8. The maximum Gasteiger partial charge on any atom is 0.246 e. The molecule has 0 spiro atoms. The fraction of sp³-hybridized carbons (Fsp3) is 0.905. The second-order valence-electron chi connectivity index (χ2n) is 9.80. The third-order valence-electron chi connectivity index (χ3n) is 7.74. The number of carbonyl (C=O) groups excluding carboxylic acids is 2. The van der Waals surface area contributed by atoms with E-state index in [-0.39, 0.29) is 37.0 Å². The van der Waals surface area contributed by atoms with E-state index in [4.69, 9.17) is 16.3 Å². The van der Waals surface area contributed by atoms with Gasteiger partial charge >= 0.3 is 0 Å². The molecular weight excluding hydrogens is 427 g/mol. The third kappa shape index (κ3) is 4.85. The van der Waals surface area contributed by atoms with E-state index in [9.17, 15) is 19.1 Å². The Hall–Kier alpha value is -1.00. The van der Waals surface area contributed by atoms with E-state index in [0.717, 1.165) is 13.0 Å². The number of ether oxygens (including phenoxy) is 1. The lowest BCUT2D eigenvalue weighted by molar-refractivity contribution is -0.141. The molecule has 4 saturated carbocycles. The average Bonchev–Trinajstić information content (AvgIpc) is 3.16. The first kappa shape index (κ1) is 23.2. The molecule has 5 unspecified atom stereocenters. The predicted molar refractivity (Wildman–Crippen MR) is 113 cm³/mol. The number of hydrazine groups is 1. The smallest absolute Gasteiger partial charge is 0.246 e. The lowest BCUT2D eigenvalue weighted by Gasteiger charge is -2.56. The molecule has 0 radical (unpaired) electrons. The normalized spacial score (nSPS) is 43.0. The minimum absolute atomic E-state index is 0.00984. The van der Waals surface area contributed by atoms with Crippen molar-refractivity contribution in [3.05, 3.63) is 0 Å². The quantitative estimate of drug-likeness (QED) is 0.436. The van der Waals surface area contributed by atoms with Crippen LogP contribution < -0.4 is 16.1 Å². The lowest BCUT2D eigenvalue weighted by atomic mass is 9.59. The van der Waals surface area contributed by atoms with Gasteiger partial charge in [-0.3, -0.25) is 15.0 Å². The van der Waals surface area contributed by atoms with E-state index in [1.54, 1.807) is 0 Å². The molecule has 0 aromatic carbocycles. The first-order valence-corrected chi connectivity index (χ1v) is 11.8. The van der Waals surface area contributed by atoms with Gasteiger partial charge in [-0.15, -0.1) is 11.6 Å². The maximum absolute atomic E-state index is 13.8. The van der Waals surface area contributed by atoms with Gasteiger partial charge in [0.2, 0.25) is 11.8 Å². The highest BCUT2D eigenvalue weighted by molar-refractivity contribution is 6.21. The Labute approximate surface area is 187 Å². The molecule has 5 fully saturated rings. The summed E-state index contributed by atoms with van der Waals surface area (Å²) in [4.78, 5) is 25.3. The molecule has 31 heavy (non-hydrogen) atoms. The number of aliphatic hydroxyl groups excluding tert-OH is 1. The van der Waals surface area contributed by atoms with E-state index < -0.39 is 28.7 Å². The summed E-state index contributed by atoms with van der Waals surface area (Å²) in [5.74, 6) is -0.302. The molecule has 0 aromatic heterocycles. The molecule has 0 aromatic rings. The minimum Gasteiger partial charge on any atom is -0.391 e. The summed E-state index contributed by atoms with van der Waals surface area (Å²) in [5.41, 5.74) is 2.04. The minimum atomic E-state index is -1.11. The Morgan fingerprint density at radius 3 is 2.58 bits per heavy atom. The number of halogens is 2. The largest absolute Gasteiger partial charge is 0.391 e. The number of carbonyl (C=O) groups is 2. The summed E-state index contributed by atoms with van der Waals surface area (Å²) < 4.78 is 19.4. The first-order valence-electron chi connectivity index (χ1n) is 11.4. The number of alkyl halides is 2. The summed E-state index contributed by atoms with van der Waals surface area (Å²) in [6.07, 6.45) is 3.06. The van der Waals surface area contributed by atoms with E-state index in [1.165, 1.54) is 0 Å². The van der Waals surface area contributed by atoms with Crippen molar-refractivity contribution in [2.45, 2.75) is 98.7 Å². The molecule has 2 amide bonds. The number of fused-ring (bicyclic) bond motifs is 3. The van der Waals surface area contributed by atoms with Crippen LogP contribution in [0.2, 0.25) is 0 Å². The molecule has 8 nitrogen and oxygen atoms in total. The van der Waals surface area contributed by atoms with Crippen LogP contribution in [-0.2, 0) is 14.3 Å². The van der Waals surface area contributed by atoms with Crippen molar-refractivity contribution >= 4 is 23.4 Å². The highest BCUT2D eigenvalue weighted by Gasteiger charge is 2.55. The molecule has 4 N–H and O–H groups in total. The number of aliphatic hydroxyl groups is 1. The molecule has 5 aliphatic rings. The summed E-state index contributed by atoms with van der Waals surface area (Å²) in [6, 6.07) is -0.199. The molecule has 176 valence electrons. The number of rotatable bonds is 6. The summed E-state index contributed by atoms with van der Waals surface area (Å²) >= 11 is 5.90. The highest BCUT2D eigenvalue weighted by atomic mass is 35.5. The van der Waals surface area contributed by atoms with Crippen LogP contribution in [0.1, 0.15) is 57.8 Å². The Morgan fingerprint density at radius 2 is 1.97 bits per heavy atom. The number of nitrogens with zero attached hydrogens (tertiary/aromatic N) is 1. The van der Waals surface area contributed by atoms with Crippen LogP contribution >= 0.6 is 11.6 Å². The molecule has 5 rings (SSSR count). The summed E-state index contributed by atoms with van der Waals surface area (Å²) in [5, 5.41) is 18.4. The van der Waals surface area contributed by atoms with Gasteiger partial charge in [-0.05, 0) is 51.4 Å². The van der Waals surface area contributed by atoms with E-state index in [0.29, 0.717) is 44.9 Å². The van der Waals surface area contributed by atoms with Crippen molar-refractivity contribution in [3.63, 3.8) is 0 Å². The second kappa shape index (κ2) is 9.09. The van der Waals surface area contributed by atoms with Crippen molar-refractivity contribution < 1.29 is 23.8 Å².